The second-order valence-corrected chi connectivity index (χ2v) is 2.84. The summed E-state index contributed by atoms with van der Waals surface area (Å²) in [6, 6.07) is 0. The molecule has 0 radical (unpaired) electrons. The molecule has 0 fully saturated rings. The Morgan fingerprint density at radius 3 is 2.50 bits per heavy atom. The first-order valence-corrected chi connectivity index (χ1v) is 3.31. The van der Waals surface area contributed by atoms with Crippen LogP contribution >= 0.6 is 9.24 Å². The Morgan fingerprint density at radius 2 is 2.38 bits per heavy atom. The Balaban J connectivity index is 3.53. The van der Waals surface area contributed by atoms with Crippen molar-refractivity contribution in [1.29, 1.82) is 0 Å². The van der Waals surface area contributed by atoms with Crippen LogP contribution in [0, 0.1) is 0 Å². The Bertz CT molecular complexity index is 78.6. The minimum absolute atomic E-state index is 0.543. The van der Waals surface area contributed by atoms with Crippen LogP contribution in [0.2, 0.25) is 0 Å². The number of hydrogen-bond acceptors (Lipinski definition) is 0. The van der Waals surface area contributed by atoms with Crippen molar-refractivity contribution < 1.29 is 4.39 Å². The summed E-state index contributed by atoms with van der Waals surface area (Å²) in [5.41, 5.74) is 0. The molecular weight excluding hydrogens is 122 g/mol. The van der Waals surface area contributed by atoms with E-state index < -0.39 is 5.41 Å². The van der Waals surface area contributed by atoms with E-state index in [0.717, 1.165) is 6.42 Å². The zero-order chi connectivity index (χ0) is 6.62. The lowest BCUT2D eigenvalue weighted by atomic mass is 10.2. The van der Waals surface area contributed by atoms with Gasteiger partial charge in [0.1, 0.15) is 5.41 Å². The summed E-state index contributed by atoms with van der Waals surface area (Å²) >= 11 is 0. The van der Waals surface area contributed by atoms with Gasteiger partial charge in [0.25, 0.3) is 0 Å². The molecule has 2 unspecified atom stereocenters. The molecule has 0 heterocycles. The van der Waals surface area contributed by atoms with E-state index >= 15 is 0 Å². The van der Waals surface area contributed by atoms with Crippen LogP contribution in [0.15, 0.2) is 12.7 Å². The van der Waals surface area contributed by atoms with E-state index in [4.69, 9.17) is 0 Å². The SMILES string of the molecule is C=CC(F)(P)CCC. The number of hydrogen-bond donors (Lipinski definition) is 0. The normalized spacial score (nSPS) is 17.4. The molecule has 0 saturated heterocycles. The van der Waals surface area contributed by atoms with Gasteiger partial charge in [0, 0.05) is 0 Å². The van der Waals surface area contributed by atoms with Crippen LogP contribution in [0.25, 0.3) is 0 Å². The predicted molar refractivity (Wildman–Crippen MR) is 38.7 cm³/mol. The topological polar surface area (TPSA) is 0 Å². The van der Waals surface area contributed by atoms with Crippen molar-refractivity contribution in [2.45, 2.75) is 25.2 Å². The fraction of sp³-hybridized carbons (Fsp3) is 0.667. The molecule has 0 spiro atoms. The van der Waals surface area contributed by atoms with Gasteiger partial charge in [-0.05, 0) is 6.42 Å². The molecule has 0 saturated carbocycles. The molecule has 0 aliphatic heterocycles. The summed E-state index contributed by atoms with van der Waals surface area (Å²) in [6.07, 6.45) is 2.72. The van der Waals surface area contributed by atoms with Gasteiger partial charge in [0.05, 0.1) is 0 Å². The summed E-state index contributed by atoms with van der Waals surface area (Å²) in [4.78, 5) is 0. The van der Waals surface area contributed by atoms with Gasteiger partial charge < -0.3 is 0 Å². The van der Waals surface area contributed by atoms with Gasteiger partial charge in [-0.15, -0.1) is 0 Å². The third kappa shape index (κ3) is 3.15. The first-order valence-electron chi connectivity index (χ1n) is 2.74. The minimum Gasteiger partial charge on any atom is -0.235 e. The lowest BCUT2D eigenvalue weighted by Gasteiger charge is -2.11. The van der Waals surface area contributed by atoms with Crippen molar-refractivity contribution >= 4 is 9.24 Å². The zero-order valence-electron chi connectivity index (χ0n) is 5.15. The summed E-state index contributed by atoms with van der Waals surface area (Å²) in [5, 5.41) is -1.23. The van der Waals surface area contributed by atoms with Crippen molar-refractivity contribution in [2.24, 2.45) is 0 Å². The van der Waals surface area contributed by atoms with Gasteiger partial charge in [-0.2, -0.15) is 0 Å². The van der Waals surface area contributed by atoms with Crippen LogP contribution in [0.1, 0.15) is 19.8 Å². The fourth-order valence-corrected chi connectivity index (χ4v) is 0.774. The van der Waals surface area contributed by atoms with Gasteiger partial charge in [-0.25, -0.2) is 4.39 Å². The highest BCUT2D eigenvalue weighted by Gasteiger charge is 2.15. The Kier molecular flexibility index (Phi) is 3.23. The van der Waals surface area contributed by atoms with Crippen LogP contribution < -0.4 is 0 Å². The lowest BCUT2D eigenvalue weighted by molar-refractivity contribution is 0.332. The molecule has 0 aliphatic carbocycles. The van der Waals surface area contributed by atoms with Crippen LogP contribution in [-0.2, 0) is 0 Å². The van der Waals surface area contributed by atoms with Crippen LogP contribution in [0.3, 0.4) is 0 Å². The molecule has 0 aromatic rings. The number of halogens is 1. The van der Waals surface area contributed by atoms with Gasteiger partial charge in [0.15, 0.2) is 0 Å². The predicted octanol–water partition coefficient (Wildman–Crippen LogP) is 2.51. The lowest BCUT2D eigenvalue weighted by Crippen LogP contribution is -2.06. The monoisotopic (exact) mass is 134 g/mol. The summed E-state index contributed by atoms with van der Waals surface area (Å²) in [6.45, 7) is 5.30. The molecule has 0 aromatic heterocycles. The second-order valence-electron chi connectivity index (χ2n) is 1.88. The highest BCUT2D eigenvalue weighted by molar-refractivity contribution is 7.18. The molecule has 0 N–H and O–H groups in total. The molecule has 0 bridgehead atoms. The molecule has 2 atom stereocenters. The van der Waals surface area contributed by atoms with E-state index in [1.807, 2.05) is 6.92 Å². The smallest absolute Gasteiger partial charge is 0.141 e. The van der Waals surface area contributed by atoms with Gasteiger partial charge in [-0.3, -0.25) is 0 Å². The maximum atomic E-state index is 12.7. The van der Waals surface area contributed by atoms with Gasteiger partial charge >= 0.3 is 0 Å². The summed E-state index contributed by atoms with van der Waals surface area (Å²) < 4.78 is 12.7. The quantitative estimate of drug-likeness (QED) is 0.411. The maximum Gasteiger partial charge on any atom is 0.141 e. The van der Waals surface area contributed by atoms with Crippen molar-refractivity contribution in [1.82, 2.24) is 0 Å². The van der Waals surface area contributed by atoms with Gasteiger partial charge in [-0.1, -0.05) is 35.2 Å². The summed E-state index contributed by atoms with van der Waals surface area (Å²) in [7, 11) is 2.13. The average molecular weight is 134 g/mol. The maximum absolute atomic E-state index is 12.7. The largest absolute Gasteiger partial charge is 0.235 e. The first kappa shape index (κ1) is 8.10. The van der Waals surface area contributed by atoms with Crippen molar-refractivity contribution in [2.75, 3.05) is 0 Å². The third-order valence-electron chi connectivity index (χ3n) is 0.973. The average Bonchev–Trinajstić information content (AvgIpc) is 1.67. The standard InChI is InChI=1S/C6H12FP/c1-3-5-6(7,8)4-2/h4H,2-3,5,8H2,1H3. The van der Waals surface area contributed by atoms with Crippen molar-refractivity contribution in [3.05, 3.63) is 12.7 Å². The molecule has 48 valence electrons. The third-order valence-corrected chi connectivity index (χ3v) is 1.50. The number of alkyl halides is 1. The van der Waals surface area contributed by atoms with E-state index in [0.29, 0.717) is 6.42 Å². The second kappa shape index (κ2) is 3.19. The van der Waals surface area contributed by atoms with E-state index in [-0.39, 0.29) is 0 Å². The van der Waals surface area contributed by atoms with Gasteiger partial charge in [0.2, 0.25) is 0 Å². The molecule has 0 rings (SSSR count). The van der Waals surface area contributed by atoms with Crippen molar-refractivity contribution in [3.63, 3.8) is 0 Å². The van der Waals surface area contributed by atoms with Crippen LogP contribution in [0.5, 0.6) is 0 Å². The van der Waals surface area contributed by atoms with Crippen LogP contribution in [0.4, 0.5) is 4.39 Å². The van der Waals surface area contributed by atoms with Crippen LogP contribution in [-0.4, -0.2) is 5.41 Å². The highest BCUT2D eigenvalue weighted by Crippen LogP contribution is 2.26. The molecule has 0 aliphatic rings. The minimum atomic E-state index is -1.23. The molecular formula is C6H12FP. The number of rotatable bonds is 3. The van der Waals surface area contributed by atoms with Crippen molar-refractivity contribution in [3.8, 4) is 0 Å². The van der Waals surface area contributed by atoms with E-state index in [1.165, 1.54) is 6.08 Å². The molecule has 0 aromatic carbocycles. The first-order chi connectivity index (χ1) is 3.62. The Morgan fingerprint density at radius 1 is 1.88 bits per heavy atom. The van der Waals surface area contributed by atoms with E-state index in [2.05, 4.69) is 15.8 Å². The number of allylic oxidation sites excluding steroid dienone is 1. The Hall–Kier alpha value is 0.100. The van der Waals surface area contributed by atoms with E-state index in [1.54, 1.807) is 0 Å². The molecule has 0 nitrogen and oxygen atoms in total. The molecule has 8 heavy (non-hydrogen) atoms. The molecule has 0 amide bonds. The highest BCUT2D eigenvalue weighted by atomic mass is 31.0. The molecule has 2 heteroatoms. The Labute approximate surface area is 52.4 Å². The summed E-state index contributed by atoms with van der Waals surface area (Å²) in [5.74, 6) is 0. The van der Waals surface area contributed by atoms with E-state index in [9.17, 15) is 4.39 Å². The zero-order valence-corrected chi connectivity index (χ0v) is 6.31. The fourth-order valence-electron chi connectivity index (χ4n) is 0.485.